The standard InChI is InChI=1S/C14H14N2O3/c17-12(10-5-2-1-3-6-10)9-15-14(19)11-7-4-8-13(18)16-11/h1-8,12,17H,9H2,(H,15,19)(H,16,18). The molecule has 0 saturated heterocycles. The molecule has 1 aromatic heterocycles. The molecule has 2 rings (SSSR count). The van der Waals surface area contributed by atoms with E-state index >= 15 is 0 Å². The van der Waals surface area contributed by atoms with Crippen LogP contribution < -0.4 is 10.9 Å². The summed E-state index contributed by atoms with van der Waals surface area (Å²) in [6.45, 7) is 0.0831. The number of hydrogen-bond donors (Lipinski definition) is 3. The van der Waals surface area contributed by atoms with Gasteiger partial charge in [-0.25, -0.2) is 0 Å². The first-order valence-electron chi connectivity index (χ1n) is 5.87. The molecular weight excluding hydrogens is 244 g/mol. The summed E-state index contributed by atoms with van der Waals surface area (Å²) in [6.07, 6.45) is -0.777. The number of benzene rings is 1. The lowest BCUT2D eigenvalue weighted by molar-refractivity contribution is 0.0911. The lowest BCUT2D eigenvalue weighted by Crippen LogP contribution is -2.30. The third-order valence-corrected chi connectivity index (χ3v) is 2.65. The zero-order valence-electron chi connectivity index (χ0n) is 10.2. The number of amides is 1. The van der Waals surface area contributed by atoms with Gasteiger partial charge in [0.1, 0.15) is 5.69 Å². The van der Waals surface area contributed by atoms with Crippen LogP contribution in [0.3, 0.4) is 0 Å². The monoisotopic (exact) mass is 258 g/mol. The van der Waals surface area contributed by atoms with Gasteiger partial charge in [0.15, 0.2) is 0 Å². The molecule has 0 spiro atoms. The lowest BCUT2D eigenvalue weighted by Gasteiger charge is -2.11. The Morgan fingerprint density at radius 1 is 1.16 bits per heavy atom. The van der Waals surface area contributed by atoms with Crippen molar-refractivity contribution in [3.05, 3.63) is 70.1 Å². The van der Waals surface area contributed by atoms with Crippen LogP contribution in [0.2, 0.25) is 0 Å². The summed E-state index contributed by atoms with van der Waals surface area (Å²) in [7, 11) is 0. The van der Waals surface area contributed by atoms with Crippen LogP contribution in [0.5, 0.6) is 0 Å². The molecule has 0 aliphatic carbocycles. The molecule has 0 aliphatic heterocycles. The highest BCUT2D eigenvalue weighted by atomic mass is 16.3. The van der Waals surface area contributed by atoms with E-state index in [2.05, 4.69) is 10.3 Å². The molecule has 0 fully saturated rings. The van der Waals surface area contributed by atoms with E-state index in [4.69, 9.17) is 0 Å². The van der Waals surface area contributed by atoms with E-state index in [1.807, 2.05) is 18.2 Å². The summed E-state index contributed by atoms with van der Waals surface area (Å²) in [4.78, 5) is 25.2. The average molecular weight is 258 g/mol. The predicted octanol–water partition coefficient (Wildman–Crippen LogP) is 0.838. The summed E-state index contributed by atoms with van der Waals surface area (Å²) in [6, 6.07) is 13.4. The van der Waals surface area contributed by atoms with Crippen LogP contribution in [0, 0.1) is 0 Å². The van der Waals surface area contributed by atoms with Gasteiger partial charge in [-0.1, -0.05) is 36.4 Å². The van der Waals surface area contributed by atoms with Crippen LogP contribution in [-0.4, -0.2) is 22.5 Å². The second-order valence-electron chi connectivity index (χ2n) is 4.07. The molecule has 5 heteroatoms. The normalized spacial score (nSPS) is 11.8. The summed E-state index contributed by atoms with van der Waals surface area (Å²) in [5.74, 6) is -0.423. The number of hydrogen-bond acceptors (Lipinski definition) is 3. The van der Waals surface area contributed by atoms with E-state index < -0.39 is 12.0 Å². The number of carbonyl (C=O) groups is 1. The van der Waals surface area contributed by atoms with Crippen LogP contribution >= 0.6 is 0 Å². The molecule has 98 valence electrons. The van der Waals surface area contributed by atoms with Crippen molar-refractivity contribution in [3.63, 3.8) is 0 Å². The molecule has 0 aliphatic rings. The predicted molar refractivity (Wildman–Crippen MR) is 70.8 cm³/mol. The Balaban J connectivity index is 1.96. The van der Waals surface area contributed by atoms with Crippen LogP contribution in [0.4, 0.5) is 0 Å². The Morgan fingerprint density at radius 2 is 1.89 bits per heavy atom. The van der Waals surface area contributed by atoms with Gasteiger partial charge < -0.3 is 15.4 Å². The maximum Gasteiger partial charge on any atom is 0.267 e. The fourth-order valence-electron chi connectivity index (χ4n) is 1.66. The fraction of sp³-hybridized carbons (Fsp3) is 0.143. The summed E-state index contributed by atoms with van der Waals surface area (Å²) in [5, 5.41) is 12.4. The highest BCUT2D eigenvalue weighted by molar-refractivity contribution is 5.92. The van der Waals surface area contributed by atoms with E-state index in [-0.39, 0.29) is 17.8 Å². The van der Waals surface area contributed by atoms with Crippen molar-refractivity contribution in [2.45, 2.75) is 6.10 Å². The first-order chi connectivity index (χ1) is 9.16. The summed E-state index contributed by atoms with van der Waals surface area (Å²) in [5.41, 5.74) is 0.563. The molecule has 2 aromatic rings. The number of aromatic nitrogens is 1. The van der Waals surface area contributed by atoms with Gasteiger partial charge in [0.2, 0.25) is 5.56 Å². The number of pyridine rings is 1. The number of H-pyrrole nitrogens is 1. The number of carbonyl (C=O) groups excluding carboxylic acids is 1. The van der Waals surface area contributed by atoms with Crippen LogP contribution in [0.15, 0.2) is 53.3 Å². The molecule has 1 unspecified atom stereocenters. The molecular formula is C14H14N2O3. The first-order valence-corrected chi connectivity index (χ1v) is 5.87. The van der Waals surface area contributed by atoms with Crippen molar-refractivity contribution in [2.24, 2.45) is 0 Å². The Hall–Kier alpha value is -2.40. The highest BCUT2D eigenvalue weighted by Gasteiger charge is 2.10. The Kier molecular flexibility index (Phi) is 4.10. The molecule has 0 saturated carbocycles. The van der Waals surface area contributed by atoms with Gasteiger partial charge in [-0.3, -0.25) is 9.59 Å². The SMILES string of the molecule is O=C(NCC(O)c1ccccc1)c1cccc(=O)[nH]1. The van der Waals surface area contributed by atoms with Crippen molar-refractivity contribution in [2.75, 3.05) is 6.54 Å². The van der Waals surface area contributed by atoms with E-state index in [0.29, 0.717) is 0 Å². The van der Waals surface area contributed by atoms with Crippen molar-refractivity contribution in [3.8, 4) is 0 Å². The molecule has 1 heterocycles. The Labute approximate surface area is 109 Å². The second kappa shape index (κ2) is 5.97. The van der Waals surface area contributed by atoms with Gasteiger partial charge in [-0.2, -0.15) is 0 Å². The van der Waals surface area contributed by atoms with Gasteiger partial charge in [-0.15, -0.1) is 0 Å². The Bertz CT molecular complexity index is 607. The maximum absolute atomic E-state index is 11.7. The van der Waals surface area contributed by atoms with E-state index in [0.717, 1.165) is 5.56 Å². The third kappa shape index (κ3) is 3.53. The zero-order valence-corrected chi connectivity index (χ0v) is 10.2. The van der Waals surface area contributed by atoms with Crippen LogP contribution in [0.1, 0.15) is 22.2 Å². The quantitative estimate of drug-likeness (QED) is 0.760. The third-order valence-electron chi connectivity index (χ3n) is 2.65. The van der Waals surface area contributed by atoms with Crippen LogP contribution in [-0.2, 0) is 0 Å². The molecule has 0 radical (unpaired) electrons. The van der Waals surface area contributed by atoms with Gasteiger partial charge in [0.05, 0.1) is 6.10 Å². The van der Waals surface area contributed by atoms with Crippen LogP contribution in [0.25, 0.3) is 0 Å². The molecule has 1 atom stereocenters. The Morgan fingerprint density at radius 3 is 2.58 bits per heavy atom. The minimum Gasteiger partial charge on any atom is -0.387 e. The molecule has 1 aromatic carbocycles. The lowest BCUT2D eigenvalue weighted by atomic mass is 10.1. The number of aliphatic hydroxyl groups is 1. The smallest absolute Gasteiger partial charge is 0.267 e. The fourth-order valence-corrected chi connectivity index (χ4v) is 1.66. The van der Waals surface area contributed by atoms with Crippen molar-refractivity contribution in [1.82, 2.24) is 10.3 Å². The molecule has 0 bridgehead atoms. The van der Waals surface area contributed by atoms with Crippen molar-refractivity contribution in [1.29, 1.82) is 0 Å². The molecule has 3 N–H and O–H groups in total. The summed E-state index contributed by atoms with van der Waals surface area (Å²) >= 11 is 0. The van der Waals surface area contributed by atoms with E-state index in [1.165, 1.54) is 18.2 Å². The topological polar surface area (TPSA) is 82.2 Å². The van der Waals surface area contributed by atoms with Gasteiger partial charge in [0, 0.05) is 12.6 Å². The number of rotatable bonds is 4. The molecule has 1 amide bonds. The van der Waals surface area contributed by atoms with E-state index in [1.54, 1.807) is 12.1 Å². The van der Waals surface area contributed by atoms with Crippen molar-refractivity contribution < 1.29 is 9.90 Å². The largest absolute Gasteiger partial charge is 0.387 e. The van der Waals surface area contributed by atoms with Crippen molar-refractivity contribution >= 4 is 5.91 Å². The summed E-state index contributed by atoms with van der Waals surface area (Å²) < 4.78 is 0. The highest BCUT2D eigenvalue weighted by Crippen LogP contribution is 2.10. The minimum atomic E-state index is -0.777. The average Bonchev–Trinajstić information content (AvgIpc) is 2.45. The number of aromatic amines is 1. The number of nitrogens with one attached hydrogen (secondary N) is 2. The number of aliphatic hydroxyl groups excluding tert-OH is 1. The van der Waals surface area contributed by atoms with Gasteiger partial charge >= 0.3 is 0 Å². The second-order valence-corrected chi connectivity index (χ2v) is 4.07. The van der Waals surface area contributed by atoms with Gasteiger partial charge in [0.25, 0.3) is 5.91 Å². The molecule has 5 nitrogen and oxygen atoms in total. The molecule has 19 heavy (non-hydrogen) atoms. The first kappa shape index (κ1) is 13.0. The maximum atomic E-state index is 11.7. The van der Waals surface area contributed by atoms with E-state index in [9.17, 15) is 14.7 Å². The minimum absolute atomic E-state index is 0.0831. The zero-order chi connectivity index (χ0) is 13.7. The van der Waals surface area contributed by atoms with Gasteiger partial charge in [-0.05, 0) is 11.6 Å².